The highest BCUT2D eigenvalue weighted by Crippen LogP contribution is 2.31. The predicted octanol–water partition coefficient (Wildman–Crippen LogP) is 2.30. The van der Waals surface area contributed by atoms with E-state index in [-0.39, 0.29) is 5.75 Å². The first-order valence-electron chi connectivity index (χ1n) is 5.64. The predicted molar refractivity (Wildman–Crippen MR) is 63.8 cm³/mol. The van der Waals surface area contributed by atoms with Gasteiger partial charge in [0.1, 0.15) is 5.75 Å². The van der Waals surface area contributed by atoms with Gasteiger partial charge in [-0.05, 0) is 31.5 Å². The number of aliphatic hydroxyl groups is 1. The van der Waals surface area contributed by atoms with Gasteiger partial charge in [-0.3, -0.25) is 4.79 Å². The standard InChI is InChI=1S/C13H16F2O4/c1-8(11(16)18-3)13(2,17)9-4-6-10(7-5-9)19-12(14)15/h4-8,12,17H,1-3H3. The van der Waals surface area contributed by atoms with Gasteiger partial charge in [-0.2, -0.15) is 8.78 Å². The van der Waals surface area contributed by atoms with Crippen molar-refractivity contribution >= 4 is 5.97 Å². The Morgan fingerprint density at radius 1 is 1.32 bits per heavy atom. The maximum Gasteiger partial charge on any atom is 0.387 e. The van der Waals surface area contributed by atoms with Crippen LogP contribution in [0.3, 0.4) is 0 Å². The molecule has 6 heteroatoms. The van der Waals surface area contributed by atoms with Crippen molar-refractivity contribution in [2.24, 2.45) is 5.92 Å². The van der Waals surface area contributed by atoms with Crippen molar-refractivity contribution < 1.29 is 28.2 Å². The van der Waals surface area contributed by atoms with Crippen molar-refractivity contribution in [3.63, 3.8) is 0 Å². The number of rotatable bonds is 5. The summed E-state index contributed by atoms with van der Waals surface area (Å²) in [6.07, 6.45) is 0. The summed E-state index contributed by atoms with van der Waals surface area (Å²) < 4.78 is 32.8. The fourth-order valence-electron chi connectivity index (χ4n) is 1.63. The Balaban J connectivity index is 2.92. The summed E-state index contributed by atoms with van der Waals surface area (Å²) >= 11 is 0. The van der Waals surface area contributed by atoms with Gasteiger partial charge in [-0.15, -0.1) is 0 Å². The van der Waals surface area contributed by atoms with Gasteiger partial charge in [0.2, 0.25) is 0 Å². The van der Waals surface area contributed by atoms with Crippen molar-refractivity contribution in [3.05, 3.63) is 29.8 Å². The summed E-state index contributed by atoms with van der Waals surface area (Å²) in [5.74, 6) is -1.36. The molecule has 0 bridgehead atoms. The van der Waals surface area contributed by atoms with Crippen LogP contribution in [-0.4, -0.2) is 24.8 Å². The lowest BCUT2D eigenvalue weighted by Gasteiger charge is -2.29. The van der Waals surface area contributed by atoms with Crippen molar-refractivity contribution in [2.45, 2.75) is 26.1 Å². The highest BCUT2D eigenvalue weighted by molar-refractivity contribution is 5.73. The van der Waals surface area contributed by atoms with Gasteiger partial charge in [0.25, 0.3) is 0 Å². The number of esters is 1. The van der Waals surface area contributed by atoms with Crippen LogP contribution in [0.15, 0.2) is 24.3 Å². The van der Waals surface area contributed by atoms with Crippen LogP contribution >= 0.6 is 0 Å². The summed E-state index contributed by atoms with van der Waals surface area (Å²) in [6.45, 7) is 0.0767. The van der Waals surface area contributed by atoms with Gasteiger partial charge < -0.3 is 14.6 Å². The molecular weight excluding hydrogens is 258 g/mol. The van der Waals surface area contributed by atoms with E-state index in [9.17, 15) is 18.7 Å². The van der Waals surface area contributed by atoms with Crippen molar-refractivity contribution in [1.29, 1.82) is 0 Å². The minimum atomic E-state index is -2.90. The first-order valence-corrected chi connectivity index (χ1v) is 5.64. The van der Waals surface area contributed by atoms with E-state index in [0.717, 1.165) is 0 Å². The second-order valence-electron chi connectivity index (χ2n) is 4.30. The molecule has 0 aromatic heterocycles. The molecule has 0 aliphatic heterocycles. The van der Waals surface area contributed by atoms with Gasteiger partial charge in [0.05, 0.1) is 18.6 Å². The van der Waals surface area contributed by atoms with Crippen LogP contribution in [0.25, 0.3) is 0 Å². The number of halogens is 2. The van der Waals surface area contributed by atoms with Crippen LogP contribution in [0, 0.1) is 5.92 Å². The Labute approximate surface area is 109 Å². The Hall–Kier alpha value is -1.69. The van der Waals surface area contributed by atoms with Crippen molar-refractivity contribution in [1.82, 2.24) is 0 Å². The lowest BCUT2D eigenvalue weighted by Crippen LogP contribution is -2.35. The summed E-state index contributed by atoms with van der Waals surface area (Å²) in [5.41, 5.74) is -1.05. The molecule has 0 saturated carbocycles. The third kappa shape index (κ3) is 3.64. The van der Waals surface area contributed by atoms with Gasteiger partial charge in [-0.25, -0.2) is 0 Å². The second kappa shape index (κ2) is 5.97. The molecule has 2 atom stereocenters. The average molecular weight is 274 g/mol. The monoisotopic (exact) mass is 274 g/mol. The Morgan fingerprint density at radius 3 is 2.26 bits per heavy atom. The fraction of sp³-hybridized carbons (Fsp3) is 0.462. The quantitative estimate of drug-likeness (QED) is 0.837. The first kappa shape index (κ1) is 15.4. The first-order chi connectivity index (χ1) is 8.78. The van der Waals surface area contributed by atoms with Crippen molar-refractivity contribution in [3.8, 4) is 5.75 Å². The van der Waals surface area contributed by atoms with E-state index in [1.807, 2.05) is 0 Å². The number of benzene rings is 1. The normalized spacial score (nSPS) is 15.7. The third-order valence-electron chi connectivity index (χ3n) is 3.06. The number of hydrogen-bond acceptors (Lipinski definition) is 4. The molecule has 1 rings (SSSR count). The average Bonchev–Trinajstić information content (AvgIpc) is 2.36. The number of hydrogen-bond donors (Lipinski definition) is 1. The smallest absolute Gasteiger partial charge is 0.387 e. The van der Waals surface area contributed by atoms with E-state index in [1.54, 1.807) is 0 Å². The SMILES string of the molecule is COC(=O)C(C)C(C)(O)c1ccc(OC(F)F)cc1. The largest absolute Gasteiger partial charge is 0.469 e. The van der Waals surface area contributed by atoms with E-state index < -0.39 is 24.1 Å². The number of alkyl halides is 2. The molecule has 106 valence electrons. The van der Waals surface area contributed by atoms with Gasteiger partial charge in [0.15, 0.2) is 0 Å². The second-order valence-corrected chi connectivity index (χ2v) is 4.30. The summed E-state index contributed by atoms with van der Waals surface area (Å²) in [7, 11) is 1.23. The maximum atomic E-state index is 12.0. The van der Waals surface area contributed by atoms with Gasteiger partial charge in [0, 0.05) is 0 Å². The van der Waals surface area contributed by atoms with Gasteiger partial charge in [-0.1, -0.05) is 12.1 Å². The number of carbonyl (C=O) groups is 1. The fourth-order valence-corrected chi connectivity index (χ4v) is 1.63. The molecule has 0 aliphatic rings. The van der Waals surface area contributed by atoms with Crippen molar-refractivity contribution in [2.75, 3.05) is 7.11 Å². The molecule has 0 heterocycles. The zero-order valence-electron chi connectivity index (χ0n) is 10.9. The van der Waals surface area contributed by atoms with Crippen LogP contribution < -0.4 is 4.74 Å². The molecule has 0 aliphatic carbocycles. The number of methoxy groups -OCH3 is 1. The molecule has 0 saturated heterocycles. The van der Waals surface area contributed by atoms with E-state index in [4.69, 9.17) is 0 Å². The molecule has 4 nitrogen and oxygen atoms in total. The number of ether oxygens (including phenoxy) is 2. The zero-order valence-corrected chi connectivity index (χ0v) is 10.9. The van der Waals surface area contributed by atoms with E-state index >= 15 is 0 Å². The lowest BCUT2D eigenvalue weighted by atomic mass is 9.84. The lowest BCUT2D eigenvalue weighted by molar-refractivity contribution is -0.154. The summed E-state index contributed by atoms with van der Waals surface area (Å²) in [4.78, 5) is 11.4. The Morgan fingerprint density at radius 2 is 1.84 bits per heavy atom. The molecular formula is C13H16F2O4. The molecule has 0 radical (unpaired) electrons. The van der Waals surface area contributed by atoms with E-state index in [1.165, 1.54) is 45.2 Å². The van der Waals surface area contributed by atoms with Crippen LogP contribution in [0.2, 0.25) is 0 Å². The van der Waals surface area contributed by atoms with Crippen LogP contribution in [0.5, 0.6) is 5.75 Å². The molecule has 0 amide bonds. The Bertz CT molecular complexity index is 429. The summed E-state index contributed by atoms with van der Waals surface area (Å²) in [6, 6.07) is 5.47. The Kier molecular flexibility index (Phi) is 4.83. The molecule has 2 unspecified atom stereocenters. The molecule has 1 aromatic rings. The third-order valence-corrected chi connectivity index (χ3v) is 3.06. The molecule has 19 heavy (non-hydrogen) atoms. The van der Waals surface area contributed by atoms with E-state index in [2.05, 4.69) is 9.47 Å². The van der Waals surface area contributed by atoms with E-state index in [0.29, 0.717) is 5.56 Å². The summed E-state index contributed by atoms with van der Waals surface area (Å²) in [5, 5.41) is 10.3. The van der Waals surface area contributed by atoms with Crippen LogP contribution in [0.1, 0.15) is 19.4 Å². The molecule has 1 aromatic carbocycles. The minimum absolute atomic E-state index is 0.0136. The molecule has 1 N–H and O–H groups in total. The zero-order chi connectivity index (χ0) is 14.6. The maximum absolute atomic E-state index is 12.0. The highest BCUT2D eigenvalue weighted by atomic mass is 19.3. The topological polar surface area (TPSA) is 55.8 Å². The van der Waals surface area contributed by atoms with Crippen LogP contribution in [0.4, 0.5) is 8.78 Å². The molecule has 0 spiro atoms. The van der Waals surface area contributed by atoms with Gasteiger partial charge >= 0.3 is 12.6 Å². The van der Waals surface area contributed by atoms with Crippen LogP contribution in [-0.2, 0) is 15.1 Å². The number of carbonyl (C=O) groups excluding carboxylic acids is 1. The highest BCUT2D eigenvalue weighted by Gasteiger charge is 2.36. The minimum Gasteiger partial charge on any atom is -0.469 e. The molecule has 0 fully saturated rings.